The molecule has 10 nitrogen and oxygen atoms in total. The van der Waals surface area contributed by atoms with Crippen LogP contribution in [0.3, 0.4) is 0 Å². The van der Waals surface area contributed by atoms with Crippen LogP contribution in [0.4, 0.5) is 0 Å². The average molecular weight is 331 g/mol. The normalized spacial score (nSPS) is 28.4. The largest absolute Gasteiger partial charge is 0.394 e. The number of aromatic amines is 1. The molecule has 3 rings (SSSR count). The Bertz CT molecular complexity index is 791. The van der Waals surface area contributed by atoms with Gasteiger partial charge in [-0.15, -0.1) is 0 Å². The van der Waals surface area contributed by atoms with E-state index in [4.69, 9.17) is 21.4 Å². The number of ether oxygens (including phenoxy) is 1. The third kappa shape index (κ3) is 2.30. The van der Waals surface area contributed by atoms with E-state index in [1.807, 2.05) is 4.98 Å². The molecule has 0 aromatic heterocycles. The Balaban J connectivity index is 2.19. The maximum Gasteiger partial charge on any atom is 0.349 e. The zero-order chi connectivity index (χ0) is 16.0. The number of H-pyrrole nitrogens is 1. The minimum atomic E-state index is -1.42. The molecule has 0 aromatic rings. The van der Waals surface area contributed by atoms with Gasteiger partial charge in [0.1, 0.15) is 23.5 Å². The SMILES string of the molecule is O=c1nc2n([C@H]3O[C@H](CO)[C@@H](O)[C@H]3O)cc(Cl)nc-2c(=O)[nH]1. The summed E-state index contributed by atoms with van der Waals surface area (Å²) in [5.41, 5.74) is -1.91. The van der Waals surface area contributed by atoms with Crippen LogP contribution in [0.15, 0.2) is 15.8 Å². The topological polar surface area (TPSA) is 151 Å². The number of rotatable bonds is 2. The highest BCUT2D eigenvalue weighted by atomic mass is 35.5. The standard InChI is InChI=1S/C11H11ClN4O6/c12-4-1-16(10-7(19)6(18)3(2-17)22-10)8-5(13-4)9(20)15-11(21)14-8/h1,3,6-7,10,17-19H,2H2,(H,15,20,21)/t3-,6-,7-,10+/m1/s1. The number of aliphatic hydroxyl groups is 3. The molecule has 0 spiro atoms. The molecule has 4 atom stereocenters. The van der Waals surface area contributed by atoms with Gasteiger partial charge in [0.05, 0.1) is 6.61 Å². The van der Waals surface area contributed by atoms with Crippen LogP contribution >= 0.6 is 11.6 Å². The van der Waals surface area contributed by atoms with E-state index in [1.54, 1.807) is 0 Å². The Labute approximate surface area is 126 Å². The smallest absolute Gasteiger partial charge is 0.349 e. The van der Waals surface area contributed by atoms with Gasteiger partial charge in [-0.05, 0) is 0 Å². The lowest BCUT2D eigenvalue weighted by atomic mass is 10.1. The number of nitrogens with zero attached hydrogens (tertiary/aromatic N) is 3. The van der Waals surface area contributed by atoms with E-state index >= 15 is 0 Å². The van der Waals surface area contributed by atoms with Crippen molar-refractivity contribution in [1.29, 1.82) is 0 Å². The van der Waals surface area contributed by atoms with Crippen molar-refractivity contribution in [3.05, 3.63) is 32.2 Å². The summed E-state index contributed by atoms with van der Waals surface area (Å²) in [5, 5.41) is 28.8. The first-order chi connectivity index (χ1) is 10.4. The van der Waals surface area contributed by atoms with Crippen LogP contribution in [0, 0.1) is 0 Å². The van der Waals surface area contributed by atoms with Crippen molar-refractivity contribution in [2.24, 2.45) is 0 Å². The van der Waals surface area contributed by atoms with E-state index in [2.05, 4.69) is 9.97 Å². The number of aromatic nitrogens is 4. The molecule has 1 saturated heterocycles. The molecule has 0 aromatic carbocycles. The molecule has 0 amide bonds. The van der Waals surface area contributed by atoms with Crippen LogP contribution in [0.1, 0.15) is 6.23 Å². The Hall–Kier alpha value is -1.85. The van der Waals surface area contributed by atoms with Crippen molar-refractivity contribution in [3.63, 3.8) is 0 Å². The molecule has 4 N–H and O–H groups in total. The second-order valence-corrected chi connectivity index (χ2v) is 5.13. The summed E-state index contributed by atoms with van der Waals surface area (Å²) in [4.78, 5) is 32.5. The minimum Gasteiger partial charge on any atom is -0.394 e. The number of hydrogen-bond donors (Lipinski definition) is 4. The number of fused-ring (bicyclic) bond motifs is 1. The van der Waals surface area contributed by atoms with E-state index in [0.717, 1.165) is 4.57 Å². The lowest BCUT2D eigenvalue weighted by Gasteiger charge is -2.21. The van der Waals surface area contributed by atoms with Crippen molar-refractivity contribution in [2.75, 3.05) is 6.61 Å². The summed E-state index contributed by atoms with van der Waals surface area (Å²) in [6.45, 7) is -0.521. The van der Waals surface area contributed by atoms with Crippen molar-refractivity contribution >= 4 is 11.6 Å². The van der Waals surface area contributed by atoms with Crippen molar-refractivity contribution in [3.8, 4) is 11.5 Å². The van der Waals surface area contributed by atoms with Gasteiger partial charge in [0.15, 0.2) is 17.7 Å². The van der Waals surface area contributed by atoms with E-state index in [9.17, 15) is 19.8 Å². The van der Waals surface area contributed by atoms with Crippen LogP contribution in [0.2, 0.25) is 5.15 Å². The number of halogens is 1. The quantitative estimate of drug-likeness (QED) is 0.480. The molecule has 11 heteroatoms. The Morgan fingerprint density at radius 1 is 1.32 bits per heavy atom. The minimum absolute atomic E-state index is 0.101. The van der Waals surface area contributed by atoms with Gasteiger partial charge in [0, 0.05) is 6.20 Å². The zero-order valence-corrected chi connectivity index (χ0v) is 11.6. The van der Waals surface area contributed by atoms with Gasteiger partial charge in [-0.1, -0.05) is 11.6 Å². The third-order valence-corrected chi connectivity index (χ3v) is 3.54. The molecule has 1 fully saturated rings. The van der Waals surface area contributed by atoms with E-state index < -0.39 is 42.4 Å². The Kier molecular flexibility index (Phi) is 3.70. The van der Waals surface area contributed by atoms with Crippen molar-refractivity contribution in [1.82, 2.24) is 19.5 Å². The molecule has 0 bridgehead atoms. The second kappa shape index (κ2) is 5.41. The molecule has 0 aliphatic carbocycles. The summed E-state index contributed by atoms with van der Waals surface area (Å²) >= 11 is 5.83. The number of aliphatic hydroxyl groups excluding tert-OH is 3. The molecule has 0 radical (unpaired) electrons. The first-order valence-electron chi connectivity index (χ1n) is 6.23. The molecular formula is C11H11ClN4O6. The third-order valence-electron chi connectivity index (χ3n) is 3.35. The van der Waals surface area contributed by atoms with Crippen LogP contribution in [-0.2, 0) is 4.74 Å². The molecule has 118 valence electrons. The van der Waals surface area contributed by atoms with Gasteiger partial charge < -0.3 is 20.1 Å². The van der Waals surface area contributed by atoms with Crippen LogP contribution in [0.25, 0.3) is 11.5 Å². The van der Waals surface area contributed by atoms with Crippen LogP contribution in [0.5, 0.6) is 0 Å². The van der Waals surface area contributed by atoms with Crippen LogP contribution in [-0.4, -0.2) is 59.8 Å². The lowest BCUT2D eigenvalue weighted by Crippen LogP contribution is -2.34. The molecular weight excluding hydrogens is 320 g/mol. The van der Waals surface area contributed by atoms with E-state index in [-0.39, 0.29) is 16.7 Å². The van der Waals surface area contributed by atoms with E-state index in [0.29, 0.717) is 0 Å². The van der Waals surface area contributed by atoms with Gasteiger partial charge in [0.25, 0.3) is 5.56 Å². The highest BCUT2D eigenvalue weighted by Crippen LogP contribution is 2.32. The predicted molar refractivity (Wildman–Crippen MR) is 71.6 cm³/mol. The first-order valence-corrected chi connectivity index (χ1v) is 6.61. The monoisotopic (exact) mass is 330 g/mol. The van der Waals surface area contributed by atoms with Crippen molar-refractivity contribution in [2.45, 2.75) is 24.5 Å². The summed E-state index contributed by atoms with van der Waals surface area (Å²) in [7, 11) is 0. The summed E-state index contributed by atoms with van der Waals surface area (Å²) in [6, 6.07) is 0. The maximum atomic E-state index is 11.8. The first kappa shape index (κ1) is 15.1. The fourth-order valence-corrected chi connectivity index (χ4v) is 2.52. The summed E-state index contributed by atoms with van der Waals surface area (Å²) in [5.74, 6) is -0.159. The highest BCUT2D eigenvalue weighted by Gasteiger charge is 2.44. The van der Waals surface area contributed by atoms with Gasteiger partial charge in [0.2, 0.25) is 0 Å². The predicted octanol–water partition coefficient (Wildman–Crippen LogP) is -2.30. The Morgan fingerprint density at radius 2 is 2.05 bits per heavy atom. The summed E-state index contributed by atoms with van der Waals surface area (Å²) in [6.07, 6.45) is -3.78. The zero-order valence-electron chi connectivity index (χ0n) is 10.9. The molecule has 3 heterocycles. The molecule has 3 aliphatic heterocycles. The lowest BCUT2D eigenvalue weighted by molar-refractivity contribution is -0.0526. The number of hydrogen-bond acceptors (Lipinski definition) is 8. The maximum absolute atomic E-state index is 11.8. The fourth-order valence-electron chi connectivity index (χ4n) is 2.33. The fraction of sp³-hybridized carbons (Fsp3) is 0.455. The van der Waals surface area contributed by atoms with E-state index in [1.165, 1.54) is 6.20 Å². The molecule has 22 heavy (non-hydrogen) atoms. The molecule has 0 unspecified atom stereocenters. The molecule has 0 saturated carbocycles. The summed E-state index contributed by atoms with van der Waals surface area (Å²) < 4.78 is 6.47. The van der Waals surface area contributed by atoms with Gasteiger partial charge in [-0.3, -0.25) is 14.3 Å². The van der Waals surface area contributed by atoms with Crippen molar-refractivity contribution < 1.29 is 20.1 Å². The van der Waals surface area contributed by atoms with Gasteiger partial charge in [-0.25, -0.2) is 9.78 Å². The number of nitrogens with one attached hydrogen (secondary N) is 1. The molecule has 3 aliphatic rings. The highest BCUT2D eigenvalue weighted by molar-refractivity contribution is 6.29. The van der Waals surface area contributed by atoms with Crippen LogP contribution < -0.4 is 11.2 Å². The second-order valence-electron chi connectivity index (χ2n) is 4.74. The average Bonchev–Trinajstić information content (AvgIpc) is 2.75. The van der Waals surface area contributed by atoms with Gasteiger partial charge in [-0.2, -0.15) is 4.98 Å². The Morgan fingerprint density at radius 3 is 2.68 bits per heavy atom. The van der Waals surface area contributed by atoms with Gasteiger partial charge >= 0.3 is 5.69 Å².